The molecule has 22 heavy (non-hydrogen) atoms. The van der Waals surface area contributed by atoms with E-state index in [0.29, 0.717) is 22.7 Å². The van der Waals surface area contributed by atoms with Gasteiger partial charge < -0.3 is 15.2 Å². The highest BCUT2D eigenvalue weighted by molar-refractivity contribution is 9.10. The van der Waals surface area contributed by atoms with E-state index in [1.54, 1.807) is 49.5 Å². The fourth-order valence-corrected chi connectivity index (χ4v) is 2.43. The van der Waals surface area contributed by atoms with E-state index in [2.05, 4.69) is 26.2 Å². The SMILES string of the molecule is C[C@@H]1Oc2ccc(N=Cc3cc(Br)ccc3O)cc2NC1=O. The molecule has 0 saturated heterocycles. The predicted molar refractivity (Wildman–Crippen MR) is 88.2 cm³/mol. The Morgan fingerprint density at radius 3 is 2.95 bits per heavy atom. The Hall–Kier alpha value is -2.34. The van der Waals surface area contributed by atoms with Crippen LogP contribution < -0.4 is 10.1 Å². The maximum absolute atomic E-state index is 11.6. The summed E-state index contributed by atoms with van der Waals surface area (Å²) >= 11 is 3.35. The summed E-state index contributed by atoms with van der Waals surface area (Å²) in [5.41, 5.74) is 1.84. The number of rotatable bonds is 2. The molecular weight excluding hydrogens is 348 g/mol. The van der Waals surface area contributed by atoms with Gasteiger partial charge in [-0.15, -0.1) is 0 Å². The summed E-state index contributed by atoms with van der Waals surface area (Å²) in [5.74, 6) is 0.588. The number of phenols is 1. The number of hydrogen-bond donors (Lipinski definition) is 2. The summed E-state index contributed by atoms with van der Waals surface area (Å²) in [6, 6.07) is 10.4. The van der Waals surface area contributed by atoms with E-state index in [9.17, 15) is 9.90 Å². The van der Waals surface area contributed by atoms with Gasteiger partial charge in [0.1, 0.15) is 11.5 Å². The number of fused-ring (bicyclic) bond motifs is 1. The van der Waals surface area contributed by atoms with Crippen molar-refractivity contribution < 1.29 is 14.6 Å². The molecule has 0 saturated carbocycles. The van der Waals surface area contributed by atoms with Crippen molar-refractivity contribution in [2.45, 2.75) is 13.0 Å². The second-order valence-electron chi connectivity index (χ2n) is 4.89. The largest absolute Gasteiger partial charge is 0.507 e. The van der Waals surface area contributed by atoms with Crippen molar-refractivity contribution in [1.82, 2.24) is 0 Å². The summed E-state index contributed by atoms with van der Waals surface area (Å²) in [7, 11) is 0. The number of carbonyl (C=O) groups is 1. The molecule has 1 amide bonds. The first-order valence-electron chi connectivity index (χ1n) is 6.67. The molecule has 0 radical (unpaired) electrons. The number of nitrogens with zero attached hydrogens (tertiary/aromatic N) is 1. The third-order valence-corrected chi connectivity index (χ3v) is 3.73. The molecule has 0 bridgehead atoms. The smallest absolute Gasteiger partial charge is 0.265 e. The van der Waals surface area contributed by atoms with E-state index in [1.807, 2.05) is 0 Å². The molecule has 2 aromatic carbocycles. The van der Waals surface area contributed by atoms with Gasteiger partial charge in [0, 0.05) is 16.3 Å². The quantitative estimate of drug-likeness (QED) is 0.803. The van der Waals surface area contributed by atoms with Gasteiger partial charge >= 0.3 is 0 Å². The molecule has 0 fully saturated rings. The van der Waals surface area contributed by atoms with Crippen LogP contribution in [0.3, 0.4) is 0 Å². The number of amides is 1. The second kappa shape index (κ2) is 5.81. The third-order valence-electron chi connectivity index (χ3n) is 3.24. The zero-order valence-electron chi connectivity index (χ0n) is 11.7. The Kier molecular flexibility index (Phi) is 3.85. The Labute approximate surface area is 135 Å². The molecule has 1 atom stereocenters. The number of anilines is 1. The van der Waals surface area contributed by atoms with Crippen molar-refractivity contribution in [3.05, 3.63) is 46.4 Å². The Balaban J connectivity index is 1.87. The van der Waals surface area contributed by atoms with Crippen molar-refractivity contribution in [1.29, 1.82) is 0 Å². The van der Waals surface area contributed by atoms with Gasteiger partial charge in [-0.2, -0.15) is 0 Å². The number of aromatic hydroxyl groups is 1. The Bertz CT molecular complexity index is 774. The maximum Gasteiger partial charge on any atom is 0.265 e. The highest BCUT2D eigenvalue weighted by atomic mass is 79.9. The minimum Gasteiger partial charge on any atom is -0.507 e. The van der Waals surface area contributed by atoms with Gasteiger partial charge in [0.25, 0.3) is 5.91 Å². The monoisotopic (exact) mass is 360 g/mol. The molecule has 0 unspecified atom stereocenters. The van der Waals surface area contributed by atoms with Crippen LogP contribution in [0.15, 0.2) is 45.9 Å². The van der Waals surface area contributed by atoms with Crippen LogP contribution in [-0.4, -0.2) is 23.3 Å². The van der Waals surface area contributed by atoms with Crippen molar-refractivity contribution in [3.63, 3.8) is 0 Å². The minimum absolute atomic E-state index is 0.148. The van der Waals surface area contributed by atoms with Crippen LogP contribution in [0, 0.1) is 0 Å². The molecular formula is C16H13BrN2O3. The predicted octanol–water partition coefficient (Wildman–Crippen LogP) is 3.62. The van der Waals surface area contributed by atoms with Gasteiger partial charge in [0.2, 0.25) is 0 Å². The van der Waals surface area contributed by atoms with E-state index in [4.69, 9.17) is 4.74 Å². The standard InChI is InChI=1S/C16H13BrN2O3/c1-9-16(21)19-13-7-12(3-5-15(13)22-9)18-8-10-6-11(17)2-4-14(10)20/h2-9,20H,1H3,(H,19,21)/t9-/m0/s1. The lowest BCUT2D eigenvalue weighted by molar-refractivity contribution is -0.122. The van der Waals surface area contributed by atoms with Gasteiger partial charge in [-0.3, -0.25) is 9.79 Å². The van der Waals surface area contributed by atoms with E-state index < -0.39 is 6.10 Å². The third kappa shape index (κ3) is 2.96. The van der Waals surface area contributed by atoms with Crippen LogP contribution in [-0.2, 0) is 4.79 Å². The van der Waals surface area contributed by atoms with Crippen molar-refractivity contribution in [2.24, 2.45) is 4.99 Å². The summed E-state index contributed by atoms with van der Waals surface area (Å²) in [5, 5.41) is 12.6. The van der Waals surface area contributed by atoms with Gasteiger partial charge in [0.05, 0.1) is 11.4 Å². The molecule has 5 nitrogen and oxygen atoms in total. The molecule has 0 aliphatic carbocycles. The number of hydrogen-bond acceptors (Lipinski definition) is 4. The van der Waals surface area contributed by atoms with Crippen LogP contribution in [0.1, 0.15) is 12.5 Å². The fraction of sp³-hybridized carbons (Fsp3) is 0.125. The van der Waals surface area contributed by atoms with Crippen molar-refractivity contribution in [2.75, 3.05) is 5.32 Å². The Morgan fingerprint density at radius 2 is 2.14 bits per heavy atom. The highest BCUT2D eigenvalue weighted by Gasteiger charge is 2.23. The molecule has 112 valence electrons. The molecule has 3 rings (SSSR count). The lowest BCUT2D eigenvalue weighted by atomic mass is 10.2. The van der Waals surface area contributed by atoms with Gasteiger partial charge in [-0.05, 0) is 43.3 Å². The number of benzene rings is 2. The average Bonchev–Trinajstić information content (AvgIpc) is 2.49. The van der Waals surface area contributed by atoms with Gasteiger partial charge in [-0.1, -0.05) is 15.9 Å². The number of ether oxygens (including phenoxy) is 1. The molecule has 6 heteroatoms. The van der Waals surface area contributed by atoms with E-state index >= 15 is 0 Å². The van der Waals surface area contributed by atoms with Crippen LogP contribution in [0.25, 0.3) is 0 Å². The molecule has 1 aliphatic rings. The van der Waals surface area contributed by atoms with Gasteiger partial charge in [-0.25, -0.2) is 0 Å². The molecule has 0 spiro atoms. The number of nitrogens with one attached hydrogen (secondary N) is 1. The van der Waals surface area contributed by atoms with E-state index in [-0.39, 0.29) is 11.7 Å². The van der Waals surface area contributed by atoms with Crippen LogP contribution in [0.5, 0.6) is 11.5 Å². The zero-order chi connectivity index (χ0) is 15.7. The molecule has 0 aromatic heterocycles. The number of carbonyl (C=O) groups excluding carboxylic acids is 1. The summed E-state index contributed by atoms with van der Waals surface area (Å²) < 4.78 is 6.34. The first kappa shape index (κ1) is 14.6. The lowest BCUT2D eigenvalue weighted by Gasteiger charge is -2.23. The zero-order valence-corrected chi connectivity index (χ0v) is 13.3. The number of halogens is 1. The minimum atomic E-state index is -0.500. The fourth-order valence-electron chi connectivity index (χ4n) is 2.05. The first-order valence-corrected chi connectivity index (χ1v) is 7.46. The normalized spacial score (nSPS) is 17.0. The molecule has 1 heterocycles. The maximum atomic E-state index is 11.6. The number of aliphatic imine (C=N–C) groups is 1. The molecule has 2 aromatic rings. The summed E-state index contributed by atoms with van der Waals surface area (Å²) in [4.78, 5) is 15.9. The number of phenolic OH excluding ortho intramolecular Hbond substituents is 1. The van der Waals surface area contributed by atoms with Crippen molar-refractivity contribution in [3.8, 4) is 11.5 Å². The lowest BCUT2D eigenvalue weighted by Crippen LogP contribution is -2.34. The van der Waals surface area contributed by atoms with Gasteiger partial charge in [0.15, 0.2) is 6.10 Å². The highest BCUT2D eigenvalue weighted by Crippen LogP contribution is 2.33. The Morgan fingerprint density at radius 1 is 1.32 bits per heavy atom. The van der Waals surface area contributed by atoms with Crippen LogP contribution in [0.4, 0.5) is 11.4 Å². The summed E-state index contributed by atoms with van der Waals surface area (Å²) in [6.07, 6.45) is 1.07. The van der Waals surface area contributed by atoms with Crippen LogP contribution >= 0.6 is 15.9 Å². The van der Waals surface area contributed by atoms with E-state index in [0.717, 1.165) is 4.47 Å². The molecule has 2 N–H and O–H groups in total. The summed E-state index contributed by atoms with van der Waals surface area (Å²) in [6.45, 7) is 1.69. The topological polar surface area (TPSA) is 70.9 Å². The first-order chi connectivity index (χ1) is 10.5. The second-order valence-corrected chi connectivity index (χ2v) is 5.81. The average molecular weight is 361 g/mol. The van der Waals surface area contributed by atoms with Crippen LogP contribution in [0.2, 0.25) is 0 Å². The van der Waals surface area contributed by atoms with Crippen molar-refractivity contribution >= 4 is 39.4 Å². The van der Waals surface area contributed by atoms with E-state index in [1.165, 1.54) is 0 Å². The molecule has 1 aliphatic heterocycles.